The molecule has 0 aromatic carbocycles. The summed E-state index contributed by atoms with van der Waals surface area (Å²) in [6.07, 6.45) is 17.0. The van der Waals surface area contributed by atoms with E-state index in [0.717, 1.165) is 33.8 Å². The molecular weight excluding hydrogens is 392 g/mol. The fourth-order valence-corrected chi connectivity index (χ4v) is 4.47. The van der Waals surface area contributed by atoms with Gasteiger partial charge in [0.05, 0.1) is 0 Å². The van der Waals surface area contributed by atoms with Gasteiger partial charge >= 0.3 is 0 Å². The van der Waals surface area contributed by atoms with E-state index in [-0.39, 0.29) is 41.7 Å². The zero-order valence-electron chi connectivity index (χ0n) is 15.5. The summed E-state index contributed by atoms with van der Waals surface area (Å²) >= 11 is 1.81. The third-order valence-electron chi connectivity index (χ3n) is 4.85. The van der Waals surface area contributed by atoms with E-state index in [2.05, 4.69) is 12.2 Å². The molecule has 2 aliphatic carbocycles. The van der Waals surface area contributed by atoms with Gasteiger partial charge in [0.25, 0.3) is 0 Å². The van der Waals surface area contributed by atoms with Crippen molar-refractivity contribution in [1.29, 1.82) is 10.8 Å². The zero-order valence-corrected chi connectivity index (χ0v) is 17.1. The summed E-state index contributed by atoms with van der Waals surface area (Å²) in [4.78, 5) is 12.9. The molecule has 2 unspecified atom stereocenters. The van der Waals surface area contributed by atoms with Crippen molar-refractivity contribution in [3.05, 3.63) is 70.9 Å². The molecule has 1 heterocycles. The molecule has 7 heteroatoms. The molecule has 3 aliphatic rings. The third kappa shape index (κ3) is 5.36. The summed E-state index contributed by atoms with van der Waals surface area (Å²) in [7, 11) is 0. The number of thioether (sulfide) groups is 1. The van der Waals surface area contributed by atoms with Crippen molar-refractivity contribution in [1.82, 2.24) is 0 Å². The van der Waals surface area contributed by atoms with Gasteiger partial charge in [-0.25, -0.2) is 0 Å². The first-order chi connectivity index (χ1) is 12.9. The van der Waals surface area contributed by atoms with Crippen LogP contribution in [0.1, 0.15) is 12.8 Å². The lowest BCUT2D eigenvalue weighted by Gasteiger charge is -2.25. The minimum absolute atomic E-state index is 0. The maximum atomic E-state index is 12.9. The molecule has 5 nitrogen and oxygen atoms in total. The number of hydrogen-bond donors (Lipinski definition) is 4. The summed E-state index contributed by atoms with van der Waals surface area (Å²) < 4.78 is 0. The monoisotopic (exact) mass is 416 g/mol. The minimum Gasteiger partial charge on any atom is -0.384 e. The second-order valence-electron chi connectivity index (χ2n) is 6.86. The SMILES string of the molecule is Cl.N=C(N)C1=CCC(=CC2CSCC(C=C3C=CC(C(=N)N)=CC3)C2=O)C=C1. The molecule has 0 saturated carbocycles. The molecule has 148 valence electrons. The molecular formula is C21H25ClN4OS. The Balaban J connectivity index is 0.00000280. The number of nitrogens with one attached hydrogen (secondary N) is 2. The lowest BCUT2D eigenvalue weighted by molar-refractivity contribution is -0.123. The summed E-state index contributed by atoms with van der Waals surface area (Å²) in [6.45, 7) is 0. The average molecular weight is 417 g/mol. The Hall–Kier alpha value is -2.31. The molecule has 28 heavy (non-hydrogen) atoms. The lowest BCUT2D eigenvalue weighted by atomic mass is 9.88. The molecule has 1 saturated heterocycles. The number of hydrogen-bond acceptors (Lipinski definition) is 4. The Morgan fingerprint density at radius 1 is 0.893 bits per heavy atom. The number of carbonyl (C=O) groups excluding carboxylic acids is 1. The molecule has 0 radical (unpaired) electrons. The summed E-state index contributed by atoms with van der Waals surface area (Å²) in [5, 5.41) is 14.9. The molecule has 3 rings (SSSR count). The molecule has 6 N–H and O–H groups in total. The van der Waals surface area contributed by atoms with Gasteiger partial charge in [0.1, 0.15) is 17.5 Å². The molecule has 0 aromatic rings. The van der Waals surface area contributed by atoms with Gasteiger partial charge in [0, 0.05) is 34.5 Å². The maximum absolute atomic E-state index is 12.9. The highest BCUT2D eigenvalue weighted by atomic mass is 35.5. The maximum Gasteiger partial charge on any atom is 0.148 e. The highest BCUT2D eigenvalue weighted by Crippen LogP contribution is 2.30. The standard InChI is InChI=1S/C21H24N4OS.ClH/c22-20(23)15-5-1-13(2-6-15)9-17-11-27-12-18(19(17)26)10-14-3-7-16(8-4-14)21(24)25;/h1,3,5-10,17-18H,2,4,11-12H2,(H3,22,23)(H3,24,25);1H. The van der Waals surface area contributed by atoms with Gasteiger partial charge in [-0.3, -0.25) is 15.6 Å². The summed E-state index contributed by atoms with van der Waals surface area (Å²) in [6, 6.07) is 0. The van der Waals surface area contributed by atoms with Gasteiger partial charge in [-0.05, 0) is 24.0 Å². The molecule has 1 fully saturated rings. The van der Waals surface area contributed by atoms with Crippen molar-refractivity contribution in [2.24, 2.45) is 23.3 Å². The first-order valence-corrected chi connectivity index (χ1v) is 10.1. The van der Waals surface area contributed by atoms with Crippen LogP contribution in [0, 0.1) is 22.7 Å². The van der Waals surface area contributed by atoms with E-state index >= 15 is 0 Å². The zero-order chi connectivity index (χ0) is 19.4. The van der Waals surface area contributed by atoms with Crippen LogP contribution in [0.15, 0.2) is 70.9 Å². The van der Waals surface area contributed by atoms with Crippen LogP contribution in [0.2, 0.25) is 0 Å². The molecule has 1 aliphatic heterocycles. The van der Waals surface area contributed by atoms with E-state index in [0.29, 0.717) is 12.8 Å². The predicted molar refractivity (Wildman–Crippen MR) is 120 cm³/mol. The van der Waals surface area contributed by atoms with Crippen LogP contribution in [0.25, 0.3) is 0 Å². The van der Waals surface area contributed by atoms with Crippen molar-refractivity contribution >= 4 is 41.6 Å². The van der Waals surface area contributed by atoms with Gasteiger partial charge in [-0.1, -0.05) is 48.6 Å². The number of Topliss-reactive ketones (excluding diaryl/α,β-unsaturated/α-hetero) is 1. The number of ketones is 1. The van der Waals surface area contributed by atoms with E-state index in [9.17, 15) is 4.79 Å². The van der Waals surface area contributed by atoms with E-state index in [1.807, 2.05) is 36.5 Å². The highest BCUT2D eigenvalue weighted by molar-refractivity contribution is 7.99. The van der Waals surface area contributed by atoms with Gasteiger partial charge < -0.3 is 11.5 Å². The van der Waals surface area contributed by atoms with Gasteiger partial charge in [0.2, 0.25) is 0 Å². The number of rotatable bonds is 4. The first-order valence-electron chi connectivity index (χ1n) is 8.92. The Morgan fingerprint density at radius 3 is 1.64 bits per heavy atom. The molecule has 0 aromatic heterocycles. The van der Waals surface area contributed by atoms with Gasteiger partial charge in [-0.2, -0.15) is 11.8 Å². The topological polar surface area (TPSA) is 117 Å². The lowest BCUT2D eigenvalue weighted by Crippen LogP contribution is -2.30. The smallest absolute Gasteiger partial charge is 0.148 e. The quantitative estimate of drug-likeness (QED) is 0.414. The number of nitrogens with two attached hydrogens (primary N) is 2. The predicted octanol–water partition coefficient (Wildman–Crippen LogP) is 3.45. The van der Waals surface area contributed by atoms with Crippen LogP contribution in [0.3, 0.4) is 0 Å². The molecule has 2 atom stereocenters. The largest absolute Gasteiger partial charge is 0.384 e. The van der Waals surface area contributed by atoms with Crippen LogP contribution in [0.4, 0.5) is 0 Å². The Bertz CT molecular complexity index is 796. The molecule has 0 amide bonds. The molecule has 0 bridgehead atoms. The first kappa shape index (κ1) is 22.0. The van der Waals surface area contributed by atoms with Crippen molar-refractivity contribution in [3.63, 3.8) is 0 Å². The minimum atomic E-state index is -0.0894. The van der Waals surface area contributed by atoms with Crippen molar-refractivity contribution < 1.29 is 4.79 Å². The Kier molecular flexibility index (Phi) is 7.66. The van der Waals surface area contributed by atoms with Crippen molar-refractivity contribution in [3.8, 4) is 0 Å². The number of carbonyl (C=O) groups is 1. The van der Waals surface area contributed by atoms with E-state index in [1.54, 1.807) is 11.8 Å². The van der Waals surface area contributed by atoms with Crippen LogP contribution >= 0.6 is 24.2 Å². The average Bonchev–Trinajstić information content (AvgIpc) is 2.66. The molecule has 0 spiro atoms. The number of amidine groups is 2. The normalized spacial score (nSPS) is 27.2. The van der Waals surface area contributed by atoms with Gasteiger partial charge in [-0.15, -0.1) is 12.4 Å². The fraction of sp³-hybridized carbons (Fsp3) is 0.286. The fourth-order valence-electron chi connectivity index (χ4n) is 3.31. The second-order valence-corrected chi connectivity index (χ2v) is 7.93. The Morgan fingerprint density at radius 2 is 1.32 bits per heavy atom. The van der Waals surface area contributed by atoms with Gasteiger partial charge in [0.15, 0.2) is 0 Å². The third-order valence-corrected chi connectivity index (χ3v) is 6.04. The summed E-state index contributed by atoms with van der Waals surface area (Å²) in [5.74, 6) is 1.85. The van der Waals surface area contributed by atoms with E-state index in [1.165, 1.54) is 0 Å². The number of halogens is 1. The van der Waals surface area contributed by atoms with Crippen LogP contribution in [0.5, 0.6) is 0 Å². The van der Waals surface area contributed by atoms with Crippen LogP contribution < -0.4 is 11.5 Å². The van der Waals surface area contributed by atoms with E-state index < -0.39 is 0 Å². The van der Waals surface area contributed by atoms with E-state index in [4.69, 9.17) is 22.3 Å². The Labute approximate surface area is 175 Å². The van der Waals surface area contributed by atoms with Crippen LogP contribution in [-0.4, -0.2) is 29.0 Å². The number of allylic oxidation sites excluding steroid dienone is 8. The van der Waals surface area contributed by atoms with Crippen LogP contribution in [-0.2, 0) is 4.79 Å². The van der Waals surface area contributed by atoms with Crippen molar-refractivity contribution in [2.75, 3.05) is 11.5 Å². The second kappa shape index (κ2) is 9.75. The van der Waals surface area contributed by atoms with Crippen molar-refractivity contribution in [2.45, 2.75) is 12.8 Å². The summed E-state index contributed by atoms with van der Waals surface area (Å²) in [5.41, 5.74) is 14.7. The highest BCUT2D eigenvalue weighted by Gasteiger charge is 2.29.